The lowest BCUT2D eigenvalue weighted by Gasteiger charge is -2.32. The first-order valence-electron chi connectivity index (χ1n) is 11.0. The maximum absolute atomic E-state index is 13.4. The molecule has 7 heteroatoms. The minimum Gasteiger partial charge on any atom is -0.497 e. The Bertz CT molecular complexity index is 1100. The molecule has 2 heterocycles. The minimum absolute atomic E-state index is 0.120. The average molecular weight is 450 g/mol. The van der Waals surface area contributed by atoms with Crippen molar-refractivity contribution in [3.05, 3.63) is 77.7 Å². The van der Waals surface area contributed by atoms with Crippen LogP contribution in [-0.2, 0) is 6.54 Å². The monoisotopic (exact) mass is 449 g/mol. The number of nitrogens with zero attached hydrogens (tertiary/aromatic N) is 2. The number of nitrogens with one attached hydrogen (secondary N) is 1. The van der Waals surface area contributed by atoms with Gasteiger partial charge in [0.05, 0.1) is 25.5 Å². The highest BCUT2D eigenvalue weighted by atomic mass is 19.1. The van der Waals surface area contributed by atoms with E-state index in [1.807, 2.05) is 18.2 Å². The fourth-order valence-corrected chi connectivity index (χ4v) is 4.07. The molecule has 33 heavy (non-hydrogen) atoms. The lowest BCUT2D eigenvalue weighted by molar-refractivity contribution is 0.0908. The number of hydrogen-bond acceptors (Lipinski definition) is 5. The number of halogens is 1. The molecule has 1 aliphatic rings. The zero-order chi connectivity index (χ0) is 23.2. The Kier molecular flexibility index (Phi) is 7.19. The molecule has 6 nitrogen and oxygen atoms in total. The molecule has 0 radical (unpaired) electrons. The Morgan fingerprint density at radius 3 is 2.58 bits per heavy atom. The van der Waals surface area contributed by atoms with Crippen molar-refractivity contribution in [1.82, 2.24) is 15.2 Å². The molecule has 1 aromatic heterocycles. The van der Waals surface area contributed by atoms with E-state index in [4.69, 9.17) is 9.47 Å². The van der Waals surface area contributed by atoms with Crippen molar-refractivity contribution in [2.45, 2.75) is 25.4 Å². The third kappa shape index (κ3) is 5.68. The van der Waals surface area contributed by atoms with Crippen molar-refractivity contribution < 1.29 is 18.7 Å². The first-order valence-corrected chi connectivity index (χ1v) is 11.0. The number of likely N-dealkylation sites (tertiary alicyclic amines) is 1. The molecule has 1 saturated heterocycles. The number of amides is 1. The van der Waals surface area contributed by atoms with Gasteiger partial charge in [0, 0.05) is 49.1 Å². The Morgan fingerprint density at radius 1 is 1.09 bits per heavy atom. The molecule has 0 atom stereocenters. The van der Waals surface area contributed by atoms with E-state index in [0.717, 1.165) is 49.5 Å². The van der Waals surface area contributed by atoms with E-state index >= 15 is 0 Å². The van der Waals surface area contributed by atoms with Crippen LogP contribution in [0.1, 0.15) is 28.8 Å². The van der Waals surface area contributed by atoms with Crippen molar-refractivity contribution in [1.29, 1.82) is 0 Å². The smallest absolute Gasteiger partial charge is 0.253 e. The fraction of sp³-hybridized carbons (Fsp3) is 0.308. The standard InChI is InChI=1S/C26H28FN3O3/c1-32-23-8-6-20(25(15-23)33-2)17-30-12-10-22(11-13-30)29-26(31)19-7-9-24(28-16-19)18-4-3-5-21(27)14-18/h3-9,14-16,22H,10-13,17H2,1-2H3,(H,29,31). The molecule has 2 aromatic carbocycles. The Hall–Kier alpha value is -3.45. The van der Waals surface area contributed by atoms with Crippen LogP contribution in [-0.4, -0.2) is 49.1 Å². The second-order valence-electron chi connectivity index (χ2n) is 8.14. The molecule has 0 spiro atoms. The molecule has 1 N–H and O–H groups in total. The number of hydrogen-bond donors (Lipinski definition) is 1. The molecule has 0 unspecified atom stereocenters. The zero-order valence-electron chi connectivity index (χ0n) is 18.9. The van der Waals surface area contributed by atoms with Gasteiger partial charge in [0.2, 0.25) is 0 Å². The van der Waals surface area contributed by atoms with Crippen LogP contribution < -0.4 is 14.8 Å². The Labute approximate surface area is 193 Å². The lowest BCUT2D eigenvalue weighted by Crippen LogP contribution is -2.44. The number of benzene rings is 2. The number of carbonyl (C=O) groups excluding carboxylic acids is 1. The highest BCUT2D eigenvalue weighted by molar-refractivity contribution is 5.94. The van der Waals surface area contributed by atoms with Crippen LogP contribution in [0, 0.1) is 5.82 Å². The Morgan fingerprint density at radius 2 is 1.91 bits per heavy atom. The van der Waals surface area contributed by atoms with Crippen LogP contribution in [0.25, 0.3) is 11.3 Å². The molecule has 1 fully saturated rings. The number of rotatable bonds is 7. The van der Waals surface area contributed by atoms with Gasteiger partial charge in [0.1, 0.15) is 17.3 Å². The van der Waals surface area contributed by atoms with E-state index in [1.165, 1.54) is 12.1 Å². The van der Waals surface area contributed by atoms with E-state index in [2.05, 4.69) is 15.2 Å². The van der Waals surface area contributed by atoms with Crippen LogP contribution in [0.5, 0.6) is 11.5 Å². The van der Waals surface area contributed by atoms with Gasteiger partial charge in [-0.3, -0.25) is 14.7 Å². The molecule has 1 amide bonds. The number of piperidine rings is 1. The summed E-state index contributed by atoms with van der Waals surface area (Å²) in [6, 6.07) is 15.7. The summed E-state index contributed by atoms with van der Waals surface area (Å²) in [5.41, 5.74) is 2.93. The number of carbonyl (C=O) groups is 1. The first kappa shape index (κ1) is 22.7. The molecular formula is C26H28FN3O3. The summed E-state index contributed by atoms with van der Waals surface area (Å²) >= 11 is 0. The normalized spacial score (nSPS) is 14.6. The summed E-state index contributed by atoms with van der Waals surface area (Å²) < 4.78 is 24.2. The number of aromatic nitrogens is 1. The van der Waals surface area contributed by atoms with Gasteiger partial charge in [0.15, 0.2) is 0 Å². The van der Waals surface area contributed by atoms with Crippen LogP contribution in [0.3, 0.4) is 0 Å². The molecule has 0 aliphatic carbocycles. The molecule has 0 saturated carbocycles. The van der Waals surface area contributed by atoms with Crippen LogP contribution in [0.2, 0.25) is 0 Å². The maximum Gasteiger partial charge on any atom is 0.253 e. The third-order valence-corrected chi connectivity index (χ3v) is 5.96. The molecule has 4 rings (SSSR count). The van der Waals surface area contributed by atoms with Crippen molar-refractivity contribution in [2.24, 2.45) is 0 Å². The summed E-state index contributed by atoms with van der Waals surface area (Å²) in [6.07, 6.45) is 3.29. The number of ether oxygens (including phenoxy) is 2. The lowest BCUT2D eigenvalue weighted by atomic mass is 10.0. The van der Waals surface area contributed by atoms with Gasteiger partial charge < -0.3 is 14.8 Å². The highest BCUT2D eigenvalue weighted by Gasteiger charge is 2.22. The van der Waals surface area contributed by atoms with Crippen molar-refractivity contribution in [3.8, 4) is 22.8 Å². The molecule has 3 aromatic rings. The number of methoxy groups -OCH3 is 2. The largest absolute Gasteiger partial charge is 0.497 e. The van der Waals surface area contributed by atoms with E-state index in [-0.39, 0.29) is 17.8 Å². The van der Waals surface area contributed by atoms with Gasteiger partial charge >= 0.3 is 0 Å². The highest BCUT2D eigenvalue weighted by Crippen LogP contribution is 2.27. The number of pyridine rings is 1. The predicted molar refractivity (Wildman–Crippen MR) is 125 cm³/mol. The van der Waals surface area contributed by atoms with E-state index in [9.17, 15) is 9.18 Å². The van der Waals surface area contributed by atoms with Crippen molar-refractivity contribution in [2.75, 3.05) is 27.3 Å². The molecule has 172 valence electrons. The topological polar surface area (TPSA) is 63.7 Å². The summed E-state index contributed by atoms with van der Waals surface area (Å²) in [5, 5.41) is 3.12. The summed E-state index contributed by atoms with van der Waals surface area (Å²) in [4.78, 5) is 19.4. The first-order chi connectivity index (χ1) is 16.1. The van der Waals surface area contributed by atoms with Gasteiger partial charge in [-0.1, -0.05) is 18.2 Å². The fourth-order valence-electron chi connectivity index (χ4n) is 4.07. The van der Waals surface area contributed by atoms with Crippen molar-refractivity contribution >= 4 is 5.91 Å². The summed E-state index contributed by atoms with van der Waals surface area (Å²) in [5.74, 6) is 1.14. The van der Waals surface area contributed by atoms with Gasteiger partial charge in [-0.05, 0) is 43.2 Å². The second-order valence-corrected chi connectivity index (χ2v) is 8.14. The van der Waals surface area contributed by atoms with E-state index in [1.54, 1.807) is 44.7 Å². The SMILES string of the molecule is COc1ccc(CN2CCC(NC(=O)c3ccc(-c4cccc(F)c4)nc3)CC2)c(OC)c1. The van der Waals surface area contributed by atoms with Crippen LogP contribution >= 0.6 is 0 Å². The van der Waals surface area contributed by atoms with Crippen LogP contribution in [0.4, 0.5) is 4.39 Å². The van der Waals surface area contributed by atoms with Gasteiger partial charge in [0.25, 0.3) is 5.91 Å². The van der Waals surface area contributed by atoms with Crippen LogP contribution in [0.15, 0.2) is 60.8 Å². The maximum atomic E-state index is 13.4. The van der Waals surface area contributed by atoms with Crippen molar-refractivity contribution in [3.63, 3.8) is 0 Å². The average Bonchev–Trinajstić information content (AvgIpc) is 2.85. The molecular weight excluding hydrogens is 421 g/mol. The van der Waals surface area contributed by atoms with E-state index < -0.39 is 0 Å². The minimum atomic E-state index is -0.312. The molecule has 0 bridgehead atoms. The second kappa shape index (κ2) is 10.4. The third-order valence-electron chi connectivity index (χ3n) is 5.96. The molecule has 1 aliphatic heterocycles. The quantitative estimate of drug-likeness (QED) is 0.583. The van der Waals surface area contributed by atoms with Gasteiger partial charge in [-0.25, -0.2) is 4.39 Å². The predicted octanol–water partition coefficient (Wildman–Crippen LogP) is 4.30. The summed E-state index contributed by atoms with van der Waals surface area (Å²) in [6.45, 7) is 2.56. The van der Waals surface area contributed by atoms with Gasteiger partial charge in [-0.2, -0.15) is 0 Å². The van der Waals surface area contributed by atoms with Gasteiger partial charge in [-0.15, -0.1) is 0 Å². The zero-order valence-corrected chi connectivity index (χ0v) is 18.9. The Balaban J connectivity index is 1.29. The van der Waals surface area contributed by atoms with E-state index in [0.29, 0.717) is 16.8 Å². The summed E-state index contributed by atoms with van der Waals surface area (Å²) in [7, 11) is 3.31.